The Hall–Kier alpha value is -4.21. The minimum Gasteiger partial charge on any atom is -0.474 e. The van der Waals surface area contributed by atoms with E-state index in [1.165, 1.54) is 24.3 Å². The molecule has 3 aromatic carbocycles. The molecule has 0 saturated carbocycles. The Morgan fingerprint density at radius 2 is 1.49 bits per heavy atom. The molecule has 1 aromatic heterocycles. The lowest BCUT2D eigenvalue weighted by Crippen LogP contribution is -2.31. The summed E-state index contributed by atoms with van der Waals surface area (Å²) in [5.74, 6) is -13.3. The third kappa shape index (κ3) is 4.59. The summed E-state index contributed by atoms with van der Waals surface area (Å²) in [6.07, 6.45) is -1.65. The lowest BCUT2D eigenvalue weighted by Gasteiger charge is -2.16. The van der Waals surface area contributed by atoms with Gasteiger partial charge in [-0.3, -0.25) is 9.59 Å². The lowest BCUT2D eigenvalue weighted by atomic mass is 10.1. The number of rotatable bonds is 5. The second kappa shape index (κ2) is 9.21. The quantitative estimate of drug-likeness (QED) is 0.216. The van der Waals surface area contributed by atoms with Crippen molar-refractivity contribution in [1.29, 1.82) is 0 Å². The van der Waals surface area contributed by atoms with Crippen LogP contribution < -0.4 is 15.5 Å². The van der Waals surface area contributed by atoms with Gasteiger partial charge in [-0.15, -0.1) is 0 Å². The van der Waals surface area contributed by atoms with Gasteiger partial charge < -0.3 is 14.5 Å². The molecule has 0 aliphatic rings. The molecule has 1 heterocycles. The molecule has 35 heavy (non-hydrogen) atoms. The smallest absolute Gasteiger partial charge is 0.265 e. The van der Waals surface area contributed by atoms with Crippen LogP contribution in [0.5, 0.6) is 5.75 Å². The van der Waals surface area contributed by atoms with Crippen molar-refractivity contribution >= 4 is 22.6 Å². The van der Waals surface area contributed by atoms with Gasteiger partial charge in [-0.1, -0.05) is 29.8 Å². The number of anilines is 1. The molecule has 0 spiro atoms. The normalized spacial score (nSPS) is 12.0. The summed E-state index contributed by atoms with van der Waals surface area (Å²) < 4.78 is 78.1. The van der Waals surface area contributed by atoms with E-state index in [1.807, 2.05) is 19.1 Å². The number of hydrogen-bond acceptors (Lipinski definition) is 4. The van der Waals surface area contributed by atoms with E-state index in [2.05, 4.69) is 5.32 Å². The molecule has 10 heteroatoms. The Labute approximate surface area is 194 Å². The van der Waals surface area contributed by atoms with Crippen LogP contribution in [-0.4, -0.2) is 12.0 Å². The Morgan fingerprint density at radius 3 is 2.11 bits per heavy atom. The number of carbonyl (C=O) groups excluding carboxylic acids is 1. The molecule has 0 aliphatic carbocycles. The average Bonchev–Trinajstić information content (AvgIpc) is 2.84. The van der Waals surface area contributed by atoms with Gasteiger partial charge in [0.05, 0.1) is 5.39 Å². The standard InChI is InChI=1S/C25H16F5NO4/c1-11-3-5-13(6-4-11)18-10-16(32)15-9-14(7-8-17(15)35-18)31-25(33)12(2)34-24-22(29)20(27)19(26)21(28)23(24)30/h3-10,12H,1-2H3,(H,31,33). The molecule has 4 rings (SSSR count). The van der Waals surface area contributed by atoms with Crippen LogP contribution in [0, 0.1) is 36.0 Å². The number of halogens is 5. The highest BCUT2D eigenvalue weighted by Gasteiger charge is 2.29. The average molecular weight is 489 g/mol. The molecule has 1 amide bonds. The van der Waals surface area contributed by atoms with Gasteiger partial charge in [-0.2, -0.15) is 8.78 Å². The van der Waals surface area contributed by atoms with Gasteiger partial charge in [-0.05, 0) is 32.0 Å². The molecule has 4 aromatic rings. The van der Waals surface area contributed by atoms with E-state index in [1.54, 1.807) is 12.1 Å². The van der Waals surface area contributed by atoms with Crippen LogP contribution in [0.2, 0.25) is 0 Å². The predicted molar refractivity (Wildman–Crippen MR) is 118 cm³/mol. The van der Waals surface area contributed by atoms with Crippen molar-refractivity contribution in [3.63, 3.8) is 0 Å². The first-order chi connectivity index (χ1) is 16.6. The first kappa shape index (κ1) is 23.9. The summed E-state index contributed by atoms with van der Waals surface area (Å²) in [5.41, 5.74) is 1.72. The van der Waals surface area contributed by atoms with Gasteiger partial charge >= 0.3 is 0 Å². The van der Waals surface area contributed by atoms with E-state index in [4.69, 9.17) is 9.15 Å². The number of aryl methyl sites for hydroxylation is 1. The van der Waals surface area contributed by atoms with E-state index in [9.17, 15) is 31.5 Å². The monoisotopic (exact) mass is 489 g/mol. The molecule has 1 atom stereocenters. The SMILES string of the molecule is Cc1ccc(-c2cc(=O)c3cc(NC(=O)C(C)Oc4c(F)c(F)c(F)c(F)c4F)ccc3o2)cc1. The zero-order valence-electron chi connectivity index (χ0n) is 18.2. The number of carbonyl (C=O) groups is 1. The molecule has 0 bridgehead atoms. The molecule has 1 unspecified atom stereocenters. The van der Waals surface area contributed by atoms with E-state index in [0.29, 0.717) is 11.3 Å². The summed E-state index contributed by atoms with van der Waals surface area (Å²) in [4.78, 5) is 25.1. The minimum atomic E-state index is -2.34. The molecule has 1 N–H and O–H groups in total. The topological polar surface area (TPSA) is 68.5 Å². The van der Waals surface area contributed by atoms with Crippen LogP contribution in [-0.2, 0) is 4.79 Å². The van der Waals surface area contributed by atoms with E-state index in [-0.39, 0.29) is 22.1 Å². The molecule has 0 radical (unpaired) electrons. The van der Waals surface area contributed by atoms with Crippen LogP contribution in [0.1, 0.15) is 12.5 Å². The van der Waals surface area contributed by atoms with E-state index >= 15 is 0 Å². The highest BCUT2D eigenvalue weighted by Crippen LogP contribution is 2.30. The van der Waals surface area contributed by atoms with Gasteiger partial charge in [0.2, 0.25) is 29.1 Å². The molecule has 180 valence electrons. The first-order valence-electron chi connectivity index (χ1n) is 10.2. The Morgan fingerprint density at radius 1 is 0.886 bits per heavy atom. The van der Waals surface area contributed by atoms with Gasteiger partial charge in [0.1, 0.15) is 11.3 Å². The van der Waals surface area contributed by atoms with Crippen molar-refractivity contribution in [2.75, 3.05) is 5.32 Å². The summed E-state index contributed by atoms with van der Waals surface area (Å²) in [6.45, 7) is 2.97. The van der Waals surface area contributed by atoms with Crippen LogP contribution >= 0.6 is 0 Å². The van der Waals surface area contributed by atoms with Crippen molar-refractivity contribution in [3.8, 4) is 17.1 Å². The Kier molecular flexibility index (Phi) is 6.29. The van der Waals surface area contributed by atoms with Gasteiger partial charge in [0, 0.05) is 17.3 Å². The lowest BCUT2D eigenvalue weighted by molar-refractivity contribution is -0.122. The molecule has 0 fully saturated rings. The number of fused-ring (bicyclic) bond motifs is 1. The van der Waals surface area contributed by atoms with Crippen molar-refractivity contribution in [3.05, 3.63) is 93.4 Å². The fraction of sp³-hybridized carbons (Fsp3) is 0.120. The van der Waals surface area contributed by atoms with Crippen molar-refractivity contribution in [1.82, 2.24) is 0 Å². The summed E-state index contributed by atoms with van der Waals surface area (Å²) in [5, 5.41) is 2.51. The fourth-order valence-corrected chi connectivity index (χ4v) is 3.26. The number of ether oxygens (including phenoxy) is 1. The molecule has 0 saturated heterocycles. The minimum absolute atomic E-state index is 0.116. The zero-order chi connectivity index (χ0) is 25.4. The number of amides is 1. The van der Waals surface area contributed by atoms with Crippen molar-refractivity contribution in [2.24, 2.45) is 0 Å². The second-order valence-electron chi connectivity index (χ2n) is 7.70. The zero-order valence-corrected chi connectivity index (χ0v) is 18.2. The summed E-state index contributed by atoms with van der Waals surface area (Å²) >= 11 is 0. The predicted octanol–water partition coefficient (Wildman–Crippen LogP) is 5.87. The number of hydrogen-bond donors (Lipinski definition) is 1. The van der Waals surface area contributed by atoms with Gasteiger partial charge in [-0.25, -0.2) is 13.2 Å². The Bertz CT molecular complexity index is 1490. The number of nitrogens with one attached hydrogen (secondary N) is 1. The van der Waals surface area contributed by atoms with Crippen molar-refractivity contribution < 1.29 is 35.9 Å². The van der Waals surface area contributed by atoms with Gasteiger partial charge in [0.15, 0.2) is 17.3 Å². The number of benzene rings is 3. The maximum absolute atomic E-state index is 13.8. The molecular weight excluding hydrogens is 473 g/mol. The Balaban J connectivity index is 1.56. The van der Waals surface area contributed by atoms with Crippen LogP contribution in [0.25, 0.3) is 22.3 Å². The molecule has 5 nitrogen and oxygen atoms in total. The van der Waals surface area contributed by atoms with E-state index in [0.717, 1.165) is 12.5 Å². The maximum atomic E-state index is 13.8. The summed E-state index contributed by atoms with van der Waals surface area (Å²) in [7, 11) is 0. The largest absolute Gasteiger partial charge is 0.474 e. The second-order valence-corrected chi connectivity index (χ2v) is 7.70. The highest BCUT2D eigenvalue weighted by atomic mass is 19.2. The van der Waals surface area contributed by atoms with E-state index < -0.39 is 46.8 Å². The van der Waals surface area contributed by atoms with Crippen LogP contribution in [0.4, 0.5) is 27.6 Å². The van der Waals surface area contributed by atoms with Crippen molar-refractivity contribution in [2.45, 2.75) is 20.0 Å². The van der Waals surface area contributed by atoms with Crippen LogP contribution in [0.15, 0.2) is 57.7 Å². The third-order valence-electron chi connectivity index (χ3n) is 5.16. The molecule has 0 aliphatic heterocycles. The van der Waals surface area contributed by atoms with Crippen LogP contribution in [0.3, 0.4) is 0 Å². The fourth-order valence-electron chi connectivity index (χ4n) is 3.26. The summed E-state index contributed by atoms with van der Waals surface area (Å²) in [6, 6.07) is 12.8. The molecular formula is C25H16F5NO4. The highest BCUT2D eigenvalue weighted by molar-refractivity contribution is 5.96. The first-order valence-corrected chi connectivity index (χ1v) is 10.2. The van der Waals surface area contributed by atoms with Gasteiger partial charge in [0.25, 0.3) is 5.91 Å². The third-order valence-corrected chi connectivity index (χ3v) is 5.16. The maximum Gasteiger partial charge on any atom is 0.265 e.